The normalized spacial score (nSPS) is 10.2. The topological polar surface area (TPSA) is 45.4 Å². The highest BCUT2D eigenvalue weighted by Gasteiger charge is 2.08. The minimum Gasteiger partial charge on any atom is -0.494 e. The van der Waals surface area contributed by atoms with Gasteiger partial charge in [-0.3, -0.25) is 0 Å². The molecule has 3 nitrogen and oxygen atoms in total. The van der Waals surface area contributed by atoms with Crippen LogP contribution < -0.4 is 0 Å². The van der Waals surface area contributed by atoms with Gasteiger partial charge in [-0.25, -0.2) is 3.97 Å². The van der Waals surface area contributed by atoms with E-state index in [0.29, 0.717) is 5.56 Å². The van der Waals surface area contributed by atoms with Crippen LogP contribution in [0.3, 0.4) is 0 Å². The second-order valence-electron chi connectivity index (χ2n) is 1.99. The van der Waals surface area contributed by atoms with Crippen LogP contribution in [0.4, 0.5) is 0 Å². The summed E-state index contributed by atoms with van der Waals surface area (Å²) in [5.41, 5.74) is 0.687. The molecule has 0 aliphatic carbocycles. The Morgan fingerprint density at radius 2 is 2.10 bits per heavy atom. The van der Waals surface area contributed by atoms with Crippen molar-refractivity contribution in [2.24, 2.45) is 0 Å². The Labute approximate surface area is 63.4 Å². The highest BCUT2D eigenvalue weighted by atomic mass is 32.2. The number of aryl methyl sites for hydroxylation is 1. The zero-order valence-electron chi connectivity index (χ0n) is 5.83. The Kier molecular flexibility index (Phi) is 1.80. The second-order valence-corrected chi connectivity index (χ2v) is 2.72. The summed E-state index contributed by atoms with van der Waals surface area (Å²) in [6, 6.07) is 1.52. The molecular weight excluding hydrogens is 150 g/mol. The SMILES string of the molecule is CSn1c(O)cc(C)c1O. The maximum atomic E-state index is 9.20. The predicted molar refractivity (Wildman–Crippen MR) is 41.4 cm³/mol. The summed E-state index contributed by atoms with van der Waals surface area (Å²) in [5, 5.41) is 18.3. The second kappa shape index (κ2) is 2.46. The van der Waals surface area contributed by atoms with E-state index < -0.39 is 0 Å². The minimum absolute atomic E-state index is 0.0856. The molecule has 0 fully saturated rings. The summed E-state index contributed by atoms with van der Waals surface area (Å²) in [5.74, 6) is 0.201. The lowest BCUT2D eigenvalue weighted by molar-refractivity contribution is 0.415. The first-order valence-corrected chi connectivity index (χ1v) is 3.99. The number of aromatic hydroxyl groups is 2. The Balaban J connectivity index is 3.20. The van der Waals surface area contributed by atoms with Gasteiger partial charge in [-0.2, -0.15) is 0 Å². The smallest absolute Gasteiger partial charge is 0.207 e. The van der Waals surface area contributed by atoms with Crippen LogP contribution in [0.1, 0.15) is 5.56 Å². The number of aromatic nitrogens is 1. The van der Waals surface area contributed by atoms with E-state index in [1.54, 1.807) is 13.2 Å². The third-order valence-electron chi connectivity index (χ3n) is 1.28. The predicted octanol–water partition coefficient (Wildman–Crippen LogP) is 1.33. The van der Waals surface area contributed by atoms with Crippen LogP contribution in [0.15, 0.2) is 6.07 Å². The van der Waals surface area contributed by atoms with E-state index in [1.165, 1.54) is 22.0 Å². The van der Waals surface area contributed by atoms with Crippen molar-refractivity contribution in [2.75, 3.05) is 6.26 Å². The molecule has 0 bridgehead atoms. The molecule has 1 heterocycles. The van der Waals surface area contributed by atoms with Crippen LogP contribution in [-0.2, 0) is 0 Å². The maximum Gasteiger partial charge on any atom is 0.207 e. The van der Waals surface area contributed by atoms with Gasteiger partial charge in [0.15, 0.2) is 0 Å². The molecule has 1 aromatic rings. The molecule has 0 aliphatic heterocycles. The van der Waals surface area contributed by atoms with E-state index in [1.807, 2.05) is 0 Å². The maximum absolute atomic E-state index is 9.20. The number of rotatable bonds is 1. The lowest BCUT2D eigenvalue weighted by Gasteiger charge is -1.99. The van der Waals surface area contributed by atoms with Crippen LogP contribution in [0.25, 0.3) is 0 Å². The Hall–Kier alpha value is -0.770. The highest BCUT2D eigenvalue weighted by molar-refractivity contribution is 7.97. The van der Waals surface area contributed by atoms with Crippen molar-refractivity contribution < 1.29 is 10.2 Å². The number of hydrogen-bond donors (Lipinski definition) is 2. The number of nitrogens with zero attached hydrogens (tertiary/aromatic N) is 1. The summed E-state index contributed by atoms with van der Waals surface area (Å²) in [4.78, 5) is 0. The number of hydrogen-bond acceptors (Lipinski definition) is 3. The molecule has 1 aromatic heterocycles. The summed E-state index contributed by atoms with van der Waals surface area (Å²) in [6.45, 7) is 1.74. The van der Waals surface area contributed by atoms with Gasteiger partial charge in [0.05, 0.1) is 0 Å². The summed E-state index contributed by atoms with van der Waals surface area (Å²) < 4.78 is 1.36. The van der Waals surface area contributed by atoms with Crippen molar-refractivity contribution in [3.05, 3.63) is 11.6 Å². The van der Waals surface area contributed by atoms with Crippen LogP contribution >= 0.6 is 11.9 Å². The molecule has 0 saturated heterocycles. The Bertz CT molecular complexity index is 244. The molecule has 0 unspecified atom stereocenters. The lowest BCUT2D eigenvalue weighted by atomic mass is 10.4. The summed E-state index contributed by atoms with van der Waals surface area (Å²) in [6.07, 6.45) is 1.78. The summed E-state index contributed by atoms with van der Waals surface area (Å²) in [7, 11) is 0. The van der Waals surface area contributed by atoms with E-state index >= 15 is 0 Å². The van der Waals surface area contributed by atoms with Crippen molar-refractivity contribution in [2.45, 2.75) is 6.92 Å². The minimum atomic E-state index is 0.0856. The van der Waals surface area contributed by atoms with Gasteiger partial charge in [0.1, 0.15) is 0 Å². The van der Waals surface area contributed by atoms with Gasteiger partial charge >= 0.3 is 0 Å². The van der Waals surface area contributed by atoms with Crippen LogP contribution in [0.5, 0.6) is 11.8 Å². The van der Waals surface area contributed by atoms with E-state index in [-0.39, 0.29) is 11.8 Å². The zero-order chi connectivity index (χ0) is 7.72. The van der Waals surface area contributed by atoms with Crippen LogP contribution in [0, 0.1) is 6.92 Å². The fraction of sp³-hybridized carbons (Fsp3) is 0.333. The van der Waals surface area contributed by atoms with Crippen molar-refractivity contribution >= 4 is 11.9 Å². The first-order valence-electron chi connectivity index (χ1n) is 2.81. The third kappa shape index (κ3) is 0.945. The standard InChI is InChI=1S/C6H9NO2S/c1-4-3-5(8)7(10-2)6(4)9/h3,8-9H,1-2H3. The molecule has 0 atom stereocenters. The van der Waals surface area contributed by atoms with Crippen LogP contribution in [-0.4, -0.2) is 20.4 Å². The largest absolute Gasteiger partial charge is 0.494 e. The molecule has 56 valence electrons. The third-order valence-corrected chi connectivity index (χ3v) is 2.01. The molecule has 0 saturated carbocycles. The molecular formula is C6H9NO2S. The average molecular weight is 159 g/mol. The van der Waals surface area contributed by atoms with E-state index in [0.717, 1.165) is 0 Å². The first kappa shape index (κ1) is 7.34. The van der Waals surface area contributed by atoms with Gasteiger partial charge in [-0.05, 0) is 18.9 Å². The Morgan fingerprint density at radius 3 is 2.30 bits per heavy atom. The Morgan fingerprint density at radius 1 is 1.50 bits per heavy atom. The molecule has 0 amide bonds. The molecule has 1 rings (SSSR count). The average Bonchev–Trinajstić information content (AvgIpc) is 2.09. The van der Waals surface area contributed by atoms with Gasteiger partial charge in [-0.1, -0.05) is 0 Å². The van der Waals surface area contributed by atoms with E-state index in [9.17, 15) is 5.11 Å². The lowest BCUT2D eigenvalue weighted by Crippen LogP contribution is -1.81. The molecule has 0 spiro atoms. The molecule has 10 heavy (non-hydrogen) atoms. The highest BCUT2D eigenvalue weighted by Crippen LogP contribution is 2.29. The summed E-state index contributed by atoms with van der Waals surface area (Å²) >= 11 is 1.26. The van der Waals surface area contributed by atoms with Gasteiger partial charge in [0.25, 0.3) is 0 Å². The monoisotopic (exact) mass is 159 g/mol. The van der Waals surface area contributed by atoms with Crippen molar-refractivity contribution in [1.29, 1.82) is 0 Å². The van der Waals surface area contributed by atoms with Gasteiger partial charge in [0.2, 0.25) is 11.8 Å². The van der Waals surface area contributed by atoms with Crippen molar-refractivity contribution in [3.8, 4) is 11.8 Å². The van der Waals surface area contributed by atoms with E-state index in [2.05, 4.69) is 0 Å². The van der Waals surface area contributed by atoms with Gasteiger partial charge < -0.3 is 10.2 Å². The fourth-order valence-electron chi connectivity index (χ4n) is 0.765. The molecule has 0 aromatic carbocycles. The molecule has 0 aliphatic rings. The zero-order valence-corrected chi connectivity index (χ0v) is 6.64. The quantitative estimate of drug-likeness (QED) is 0.649. The molecule has 0 radical (unpaired) electrons. The van der Waals surface area contributed by atoms with Crippen LogP contribution in [0.2, 0.25) is 0 Å². The van der Waals surface area contributed by atoms with Gasteiger partial charge in [0, 0.05) is 17.9 Å². The first-order chi connectivity index (χ1) is 4.66. The van der Waals surface area contributed by atoms with E-state index in [4.69, 9.17) is 5.11 Å². The molecule has 4 heteroatoms. The fourth-order valence-corrected chi connectivity index (χ4v) is 1.32. The molecule has 2 N–H and O–H groups in total. The van der Waals surface area contributed by atoms with Gasteiger partial charge in [-0.15, -0.1) is 0 Å². The van der Waals surface area contributed by atoms with Crippen molar-refractivity contribution in [1.82, 2.24) is 3.97 Å². The van der Waals surface area contributed by atoms with Crippen molar-refractivity contribution in [3.63, 3.8) is 0 Å².